The van der Waals surface area contributed by atoms with Crippen molar-refractivity contribution in [2.45, 2.75) is 51.9 Å². The molecule has 0 aliphatic heterocycles. The summed E-state index contributed by atoms with van der Waals surface area (Å²) in [6.45, 7) is 2.16. The number of carbonyl (C=O) groups is 1. The Morgan fingerprint density at radius 3 is 2.52 bits per heavy atom. The zero-order valence-corrected chi connectivity index (χ0v) is 12.3. The highest BCUT2D eigenvalue weighted by molar-refractivity contribution is 5.92. The lowest BCUT2D eigenvalue weighted by Gasteiger charge is -2.07. The van der Waals surface area contributed by atoms with Crippen molar-refractivity contribution in [3.63, 3.8) is 0 Å². The number of unbranched alkanes of at least 4 members (excludes halogenated alkanes) is 5. The van der Waals surface area contributed by atoms with Gasteiger partial charge in [0.15, 0.2) is 0 Å². The molecular formula is C15H22N2O4. The van der Waals surface area contributed by atoms with Gasteiger partial charge in [-0.1, -0.05) is 39.0 Å². The van der Waals surface area contributed by atoms with Crippen LogP contribution in [-0.2, 0) is 4.79 Å². The molecule has 0 radical (unpaired) electrons. The third-order valence-electron chi connectivity index (χ3n) is 3.22. The topological polar surface area (TPSA) is 92.5 Å². The molecule has 116 valence electrons. The number of hydrogen-bond donors (Lipinski definition) is 2. The zero-order chi connectivity index (χ0) is 15.7. The summed E-state index contributed by atoms with van der Waals surface area (Å²) >= 11 is 0. The molecular weight excluding hydrogens is 272 g/mol. The van der Waals surface area contributed by atoms with Crippen LogP contribution >= 0.6 is 0 Å². The summed E-state index contributed by atoms with van der Waals surface area (Å²) in [4.78, 5) is 21.7. The molecule has 1 amide bonds. The van der Waals surface area contributed by atoms with Gasteiger partial charge in [-0.15, -0.1) is 0 Å². The van der Waals surface area contributed by atoms with E-state index in [0.717, 1.165) is 25.3 Å². The monoisotopic (exact) mass is 294 g/mol. The Kier molecular flexibility index (Phi) is 7.21. The smallest absolute Gasteiger partial charge is 0.273 e. The van der Waals surface area contributed by atoms with E-state index in [-0.39, 0.29) is 23.0 Å². The third-order valence-corrected chi connectivity index (χ3v) is 3.22. The first-order chi connectivity index (χ1) is 10.0. The normalized spacial score (nSPS) is 10.3. The van der Waals surface area contributed by atoms with E-state index in [1.165, 1.54) is 31.4 Å². The standard InChI is InChI=1S/C15H22N2O4/c1-2-3-4-5-6-7-8-15(19)16-13-10-9-12(17(20)21)11-14(13)18/h9-11,18H,2-8H2,1H3,(H,16,19). The van der Waals surface area contributed by atoms with Gasteiger partial charge in [-0.05, 0) is 12.5 Å². The van der Waals surface area contributed by atoms with Crippen LogP contribution in [-0.4, -0.2) is 15.9 Å². The van der Waals surface area contributed by atoms with Gasteiger partial charge < -0.3 is 10.4 Å². The number of phenols is 1. The molecule has 0 atom stereocenters. The van der Waals surface area contributed by atoms with Crippen LogP contribution in [0.15, 0.2) is 18.2 Å². The lowest BCUT2D eigenvalue weighted by atomic mass is 10.1. The average molecular weight is 294 g/mol. The van der Waals surface area contributed by atoms with Crippen molar-refractivity contribution >= 4 is 17.3 Å². The Morgan fingerprint density at radius 1 is 1.24 bits per heavy atom. The molecule has 0 aliphatic rings. The molecule has 1 rings (SSSR count). The number of nitro groups is 1. The van der Waals surface area contributed by atoms with Crippen LogP contribution in [0, 0.1) is 10.1 Å². The molecule has 0 aromatic heterocycles. The second-order valence-corrected chi connectivity index (χ2v) is 5.02. The molecule has 2 N–H and O–H groups in total. The lowest BCUT2D eigenvalue weighted by Crippen LogP contribution is -2.11. The minimum absolute atomic E-state index is 0.186. The number of nitro benzene ring substituents is 1. The van der Waals surface area contributed by atoms with Crippen LogP contribution in [0.25, 0.3) is 0 Å². The quantitative estimate of drug-likeness (QED) is 0.312. The van der Waals surface area contributed by atoms with E-state index in [4.69, 9.17) is 0 Å². The molecule has 0 fully saturated rings. The van der Waals surface area contributed by atoms with Gasteiger partial charge in [0.25, 0.3) is 5.69 Å². The van der Waals surface area contributed by atoms with Crippen molar-refractivity contribution in [2.24, 2.45) is 0 Å². The summed E-state index contributed by atoms with van der Waals surface area (Å²) in [5.41, 5.74) is -0.00185. The number of rotatable bonds is 9. The van der Waals surface area contributed by atoms with Gasteiger partial charge in [-0.2, -0.15) is 0 Å². The maximum absolute atomic E-state index is 11.7. The molecule has 6 nitrogen and oxygen atoms in total. The number of non-ortho nitro benzene ring substituents is 1. The Hall–Kier alpha value is -2.11. The van der Waals surface area contributed by atoms with E-state index >= 15 is 0 Å². The Bertz CT molecular complexity index is 489. The van der Waals surface area contributed by atoms with Gasteiger partial charge in [0, 0.05) is 12.5 Å². The summed E-state index contributed by atoms with van der Waals surface area (Å²) in [5, 5.41) is 22.7. The van der Waals surface area contributed by atoms with E-state index in [9.17, 15) is 20.0 Å². The molecule has 21 heavy (non-hydrogen) atoms. The van der Waals surface area contributed by atoms with Gasteiger partial charge >= 0.3 is 0 Å². The first kappa shape index (κ1) is 16.9. The number of aromatic hydroxyl groups is 1. The average Bonchev–Trinajstić information content (AvgIpc) is 2.44. The molecule has 1 aromatic rings. The number of benzene rings is 1. The first-order valence-electron chi connectivity index (χ1n) is 7.32. The van der Waals surface area contributed by atoms with Crippen LogP contribution < -0.4 is 5.32 Å². The summed E-state index contributed by atoms with van der Waals surface area (Å²) in [6.07, 6.45) is 6.96. The van der Waals surface area contributed by atoms with Crippen molar-refractivity contribution in [1.29, 1.82) is 0 Å². The second-order valence-electron chi connectivity index (χ2n) is 5.02. The molecule has 0 unspecified atom stereocenters. The van der Waals surface area contributed by atoms with Crippen molar-refractivity contribution in [3.05, 3.63) is 28.3 Å². The minimum atomic E-state index is -0.596. The number of carbonyl (C=O) groups excluding carboxylic acids is 1. The number of hydrogen-bond acceptors (Lipinski definition) is 4. The Labute approximate surface area is 124 Å². The molecule has 0 aliphatic carbocycles. The highest BCUT2D eigenvalue weighted by Gasteiger charge is 2.11. The van der Waals surface area contributed by atoms with E-state index in [1.54, 1.807) is 0 Å². The number of phenolic OH excluding ortho intramolecular Hbond substituents is 1. The Balaban J connectivity index is 2.36. The lowest BCUT2D eigenvalue weighted by molar-refractivity contribution is -0.384. The summed E-state index contributed by atoms with van der Waals surface area (Å²) < 4.78 is 0. The maximum atomic E-state index is 11.7. The number of nitrogens with one attached hydrogen (secondary N) is 1. The van der Waals surface area contributed by atoms with Crippen LogP contribution in [0.4, 0.5) is 11.4 Å². The van der Waals surface area contributed by atoms with Gasteiger partial charge in [-0.25, -0.2) is 0 Å². The predicted molar refractivity (Wildman–Crippen MR) is 81.4 cm³/mol. The summed E-state index contributed by atoms with van der Waals surface area (Å²) in [5.74, 6) is -0.477. The van der Waals surface area contributed by atoms with Crippen LogP contribution in [0.2, 0.25) is 0 Å². The number of amides is 1. The Morgan fingerprint density at radius 2 is 1.90 bits per heavy atom. The fourth-order valence-corrected chi connectivity index (χ4v) is 2.02. The van der Waals surface area contributed by atoms with Crippen molar-refractivity contribution in [3.8, 4) is 5.75 Å². The van der Waals surface area contributed by atoms with E-state index in [0.29, 0.717) is 6.42 Å². The highest BCUT2D eigenvalue weighted by atomic mass is 16.6. The minimum Gasteiger partial charge on any atom is -0.506 e. The zero-order valence-electron chi connectivity index (χ0n) is 12.3. The van der Waals surface area contributed by atoms with Crippen molar-refractivity contribution in [1.82, 2.24) is 0 Å². The van der Waals surface area contributed by atoms with E-state index in [1.807, 2.05) is 0 Å². The van der Waals surface area contributed by atoms with Gasteiger partial charge in [0.05, 0.1) is 16.7 Å². The second kappa shape index (κ2) is 8.94. The predicted octanol–water partition coefficient (Wildman–Crippen LogP) is 3.99. The fraction of sp³-hybridized carbons (Fsp3) is 0.533. The molecule has 6 heteroatoms. The van der Waals surface area contributed by atoms with Crippen molar-refractivity contribution < 1.29 is 14.8 Å². The highest BCUT2D eigenvalue weighted by Crippen LogP contribution is 2.28. The van der Waals surface area contributed by atoms with E-state index < -0.39 is 4.92 Å². The summed E-state index contributed by atoms with van der Waals surface area (Å²) in [7, 11) is 0. The largest absolute Gasteiger partial charge is 0.506 e. The number of nitrogens with zero attached hydrogens (tertiary/aromatic N) is 1. The SMILES string of the molecule is CCCCCCCCC(=O)Nc1ccc([N+](=O)[O-])cc1O. The van der Waals surface area contributed by atoms with Gasteiger partial charge in [-0.3, -0.25) is 14.9 Å². The fourth-order valence-electron chi connectivity index (χ4n) is 2.02. The first-order valence-corrected chi connectivity index (χ1v) is 7.32. The molecule has 0 saturated heterocycles. The van der Waals surface area contributed by atoms with Crippen LogP contribution in [0.5, 0.6) is 5.75 Å². The van der Waals surface area contributed by atoms with Crippen LogP contribution in [0.3, 0.4) is 0 Å². The van der Waals surface area contributed by atoms with Gasteiger partial charge in [0.2, 0.25) is 5.91 Å². The molecule has 0 bridgehead atoms. The molecule has 1 aromatic carbocycles. The van der Waals surface area contributed by atoms with E-state index in [2.05, 4.69) is 12.2 Å². The number of anilines is 1. The maximum Gasteiger partial charge on any atom is 0.273 e. The molecule has 0 heterocycles. The van der Waals surface area contributed by atoms with Gasteiger partial charge in [0.1, 0.15) is 5.75 Å². The van der Waals surface area contributed by atoms with Crippen molar-refractivity contribution in [2.75, 3.05) is 5.32 Å². The van der Waals surface area contributed by atoms with Crippen LogP contribution in [0.1, 0.15) is 51.9 Å². The molecule has 0 saturated carbocycles. The summed E-state index contributed by atoms with van der Waals surface area (Å²) in [6, 6.07) is 3.62. The molecule has 0 spiro atoms. The third kappa shape index (κ3) is 6.25.